The third-order valence-electron chi connectivity index (χ3n) is 2.03. The molecule has 1 amide bonds. The van der Waals surface area contributed by atoms with E-state index in [1.165, 1.54) is 12.8 Å². The Balaban J connectivity index is 2.08. The van der Waals surface area contributed by atoms with E-state index in [9.17, 15) is 4.79 Å². The van der Waals surface area contributed by atoms with E-state index in [2.05, 4.69) is 10.2 Å². The van der Waals surface area contributed by atoms with Crippen LogP contribution in [0.3, 0.4) is 0 Å². The third-order valence-corrected chi connectivity index (χ3v) is 2.03. The molecule has 0 aromatic heterocycles. The fourth-order valence-corrected chi connectivity index (χ4v) is 1.41. The van der Waals surface area contributed by atoms with Gasteiger partial charge >= 0.3 is 0 Å². The van der Waals surface area contributed by atoms with Gasteiger partial charge < -0.3 is 11.1 Å². The van der Waals surface area contributed by atoms with Crippen LogP contribution in [0, 0.1) is 0 Å². The van der Waals surface area contributed by atoms with E-state index in [0.717, 1.165) is 13.1 Å². The number of nitrogens with zero attached hydrogens (tertiary/aromatic N) is 1. The largest absolute Gasteiger partial charge is 0.354 e. The quantitative estimate of drug-likeness (QED) is 0.579. The highest BCUT2D eigenvalue weighted by molar-refractivity contribution is 5.78. The van der Waals surface area contributed by atoms with Crippen LogP contribution in [0.15, 0.2) is 0 Å². The summed E-state index contributed by atoms with van der Waals surface area (Å²) in [5.41, 5.74) is 5.26. The molecule has 0 bridgehead atoms. The maximum atomic E-state index is 11.1. The summed E-state index contributed by atoms with van der Waals surface area (Å²) in [5.74, 6) is 0.0994. The van der Waals surface area contributed by atoms with Gasteiger partial charge in [0.25, 0.3) is 0 Å². The summed E-state index contributed by atoms with van der Waals surface area (Å²) in [6, 6.07) is 0. The fourth-order valence-electron chi connectivity index (χ4n) is 1.41. The zero-order chi connectivity index (χ0) is 8.81. The number of nitrogens with two attached hydrogens (primary N) is 1. The predicted molar refractivity (Wildman–Crippen MR) is 47.7 cm³/mol. The van der Waals surface area contributed by atoms with Gasteiger partial charge in [0.1, 0.15) is 0 Å². The molecular formula is C8H17N3O. The molecule has 0 spiro atoms. The lowest BCUT2D eigenvalue weighted by Gasteiger charge is -2.13. The van der Waals surface area contributed by atoms with Crippen LogP contribution in [-0.2, 0) is 4.79 Å². The van der Waals surface area contributed by atoms with Gasteiger partial charge in [-0.3, -0.25) is 9.69 Å². The molecule has 0 aliphatic carbocycles. The van der Waals surface area contributed by atoms with E-state index in [1.54, 1.807) is 0 Å². The SMILES string of the molecule is NCCNC(=O)CN1CCCC1. The normalized spacial score (nSPS) is 18.1. The molecule has 1 aliphatic heterocycles. The first-order valence-electron chi connectivity index (χ1n) is 4.52. The average molecular weight is 171 g/mol. The second kappa shape index (κ2) is 5.11. The topological polar surface area (TPSA) is 58.4 Å². The van der Waals surface area contributed by atoms with E-state index in [1.807, 2.05) is 0 Å². The zero-order valence-electron chi connectivity index (χ0n) is 7.38. The van der Waals surface area contributed by atoms with Crippen LogP contribution in [-0.4, -0.2) is 43.5 Å². The number of hydrogen-bond acceptors (Lipinski definition) is 3. The molecule has 0 aromatic carbocycles. The van der Waals surface area contributed by atoms with Gasteiger partial charge in [0.2, 0.25) is 5.91 Å². The van der Waals surface area contributed by atoms with Crippen LogP contribution in [0.25, 0.3) is 0 Å². The maximum Gasteiger partial charge on any atom is 0.234 e. The second-order valence-corrected chi connectivity index (χ2v) is 3.12. The Morgan fingerprint density at radius 3 is 2.67 bits per heavy atom. The lowest BCUT2D eigenvalue weighted by atomic mass is 10.4. The first-order chi connectivity index (χ1) is 5.83. The molecule has 70 valence electrons. The van der Waals surface area contributed by atoms with E-state index >= 15 is 0 Å². The fraction of sp³-hybridized carbons (Fsp3) is 0.875. The number of carbonyl (C=O) groups excluding carboxylic acids is 1. The van der Waals surface area contributed by atoms with E-state index in [-0.39, 0.29) is 5.91 Å². The Hall–Kier alpha value is -0.610. The van der Waals surface area contributed by atoms with E-state index in [0.29, 0.717) is 19.6 Å². The van der Waals surface area contributed by atoms with Gasteiger partial charge in [-0.05, 0) is 25.9 Å². The molecule has 1 saturated heterocycles. The molecule has 0 unspecified atom stereocenters. The lowest BCUT2D eigenvalue weighted by Crippen LogP contribution is -2.37. The Kier molecular flexibility index (Phi) is 4.04. The summed E-state index contributed by atoms with van der Waals surface area (Å²) in [6.45, 7) is 3.78. The highest BCUT2D eigenvalue weighted by Crippen LogP contribution is 2.05. The first-order valence-corrected chi connectivity index (χ1v) is 4.52. The first kappa shape index (κ1) is 9.48. The Morgan fingerprint density at radius 2 is 2.08 bits per heavy atom. The molecule has 0 atom stereocenters. The van der Waals surface area contributed by atoms with E-state index < -0.39 is 0 Å². The van der Waals surface area contributed by atoms with Crippen molar-refractivity contribution in [2.24, 2.45) is 5.73 Å². The standard InChI is InChI=1S/C8H17N3O/c9-3-4-10-8(12)7-11-5-1-2-6-11/h1-7,9H2,(H,10,12). The van der Waals surface area contributed by atoms with Crippen molar-refractivity contribution in [3.05, 3.63) is 0 Å². The smallest absolute Gasteiger partial charge is 0.234 e. The highest BCUT2D eigenvalue weighted by atomic mass is 16.2. The number of likely N-dealkylation sites (tertiary alicyclic amines) is 1. The van der Waals surface area contributed by atoms with Crippen molar-refractivity contribution in [2.45, 2.75) is 12.8 Å². The molecule has 12 heavy (non-hydrogen) atoms. The minimum atomic E-state index is 0.0994. The van der Waals surface area contributed by atoms with Crippen molar-refractivity contribution >= 4 is 5.91 Å². The van der Waals surface area contributed by atoms with Crippen LogP contribution in [0.4, 0.5) is 0 Å². The molecule has 1 aliphatic rings. The van der Waals surface area contributed by atoms with Gasteiger partial charge in [-0.15, -0.1) is 0 Å². The van der Waals surface area contributed by atoms with Gasteiger partial charge in [0.15, 0.2) is 0 Å². The van der Waals surface area contributed by atoms with Gasteiger partial charge in [-0.25, -0.2) is 0 Å². The summed E-state index contributed by atoms with van der Waals surface area (Å²) in [6.07, 6.45) is 2.45. The monoisotopic (exact) mass is 171 g/mol. The number of rotatable bonds is 4. The maximum absolute atomic E-state index is 11.1. The Labute approximate surface area is 73.1 Å². The summed E-state index contributed by atoms with van der Waals surface area (Å²) < 4.78 is 0. The number of carbonyl (C=O) groups is 1. The molecule has 1 fully saturated rings. The van der Waals surface area contributed by atoms with Crippen molar-refractivity contribution in [1.82, 2.24) is 10.2 Å². The minimum absolute atomic E-state index is 0.0994. The molecular weight excluding hydrogens is 154 g/mol. The number of hydrogen-bond donors (Lipinski definition) is 2. The van der Waals surface area contributed by atoms with Gasteiger partial charge in [0, 0.05) is 13.1 Å². The van der Waals surface area contributed by atoms with Crippen molar-refractivity contribution in [2.75, 3.05) is 32.7 Å². The Bertz CT molecular complexity index is 143. The van der Waals surface area contributed by atoms with Crippen LogP contribution >= 0.6 is 0 Å². The molecule has 4 nitrogen and oxygen atoms in total. The summed E-state index contributed by atoms with van der Waals surface area (Å²) >= 11 is 0. The lowest BCUT2D eigenvalue weighted by molar-refractivity contribution is -0.121. The van der Waals surface area contributed by atoms with Gasteiger partial charge in [-0.2, -0.15) is 0 Å². The van der Waals surface area contributed by atoms with Crippen molar-refractivity contribution < 1.29 is 4.79 Å². The summed E-state index contributed by atoms with van der Waals surface area (Å²) in [4.78, 5) is 13.3. The van der Waals surface area contributed by atoms with Crippen LogP contribution < -0.4 is 11.1 Å². The molecule has 3 N–H and O–H groups in total. The van der Waals surface area contributed by atoms with Crippen LogP contribution in [0.2, 0.25) is 0 Å². The Morgan fingerprint density at radius 1 is 1.42 bits per heavy atom. The predicted octanol–water partition coefficient (Wildman–Crippen LogP) is -0.843. The second-order valence-electron chi connectivity index (χ2n) is 3.12. The average Bonchev–Trinajstić information content (AvgIpc) is 2.53. The van der Waals surface area contributed by atoms with Crippen molar-refractivity contribution in [3.63, 3.8) is 0 Å². The minimum Gasteiger partial charge on any atom is -0.354 e. The summed E-state index contributed by atoms with van der Waals surface area (Å²) in [7, 11) is 0. The molecule has 4 heteroatoms. The zero-order valence-corrected chi connectivity index (χ0v) is 7.38. The molecule has 1 heterocycles. The molecule has 0 saturated carbocycles. The van der Waals surface area contributed by atoms with E-state index in [4.69, 9.17) is 5.73 Å². The third kappa shape index (κ3) is 3.19. The molecule has 0 radical (unpaired) electrons. The van der Waals surface area contributed by atoms with Crippen LogP contribution in [0.1, 0.15) is 12.8 Å². The van der Waals surface area contributed by atoms with Crippen LogP contribution in [0.5, 0.6) is 0 Å². The highest BCUT2D eigenvalue weighted by Gasteiger charge is 2.13. The van der Waals surface area contributed by atoms with Crippen molar-refractivity contribution in [3.8, 4) is 0 Å². The number of nitrogens with one attached hydrogen (secondary N) is 1. The molecule has 1 rings (SSSR count). The molecule has 0 aromatic rings. The van der Waals surface area contributed by atoms with Gasteiger partial charge in [-0.1, -0.05) is 0 Å². The summed E-state index contributed by atoms with van der Waals surface area (Å²) in [5, 5.41) is 2.75. The van der Waals surface area contributed by atoms with Gasteiger partial charge in [0.05, 0.1) is 6.54 Å². The van der Waals surface area contributed by atoms with Crippen molar-refractivity contribution in [1.29, 1.82) is 0 Å². The number of amides is 1.